The minimum atomic E-state index is -0.0422. The van der Waals surface area contributed by atoms with Crippen molar-refractivity contribution in [1.82, 2.24) is 0 Å². The van der Waals surface area contributed by atoms with Crippen LogP contribution in [0.5, 0.6) is 0 Å². The van der Waals surface area contributed by atoms with Gasteiger partial charge in [0.15, 0.2) is 0 Å². The van der Waals surface area contributed by atoms with Crippen molar-refractivity contribution in [3.8, 4) is 0 Å². The summed E-state index contributed by atoms with van der Waals surface area (Å²) in [6.45, 7) is 0. The molecule has 0 saturated heterocycles. The molecular formula is C5H4ClRuS. The molecule has 0 unspecified atom stereocenters. The molecule has 45 valence electrons. The van der Waals surface area contributed by atoms with Gasteiger partial charge in [-0.05, 0) is 0 Å². The molecule has 1 aromatic rings. The zero-order valence-corrected chi connectivity index (χ0v) is 7.26. The van der Waals surface area contributed by atoms with Gasteiger partial charge in [0.2, 0.25) is 0 Å². The maximum absolute atomic E-state index is 5.53. The average molecular weight is 233 g/mol. The van der Waals surface area contributed by atoms with E-state index in [1.54, 1.807) is 11.3 Å². The third kappa shape index (κ3) is 1.77. The second-order valence-electron chi connectivity index (χ2n) is 1.19. The summed E-state index contributed by atoms with van der Waals surface area (Å²) < 4.78 is 2.08. The van der Waals surface area contributed by atoms with Crippen molar-refractivity contribution < 1.29 is 15.7 Å². The molecular weight excluding hydrogens is 229 g/mol. The minimum absolute atomic E-state index is 0.0422. The van der Waals surface area contributed by atoms with Crippen LogP contribution in [0.2, 0.25) is 0 Å². The molecule has 3 heteroatoms. The van der Waals surface area contributed by atoms with Gasteiger partial charge in [-0.3, -0.25) is 0 Å². The van der Waals surface area contributed by atoms with Gasteiger partial charge in [-0.2, -0.15) is 0 Å². The van der Waals surface area contributed by atoms with Crippen LogP contribution in [-0.4, -0.2) is 4.61 Å². The quantitative estimate of drug-likeness (QED) is 0.651. The van der Waals surface area contributed by atoms with Crippen LogP contribution in [0.4, 0.5) is 0 Å². The van der Waals surface area contributed by atoms with Gasteiger partial charge in [-0.15, -0.1) is 0 Å². The van der Waals surface area contributed by atoms with E-state index < -0.39 is 0 Å². The summed E-state index contributed by atoms with van der Waals surface area (Å²) in [6.07, 6.45) is 0. The predicted octanol–water partition coefficient (Wildman–Crippen LogP) is 2.13. The van der Waals surface area contributed by atoms with E-state index in [0.717, 1.165) is 0 Å². The van der Waals surface area contributed by atoms with E-state index >= 15 is 0 Å². The molecule has 0 saturated carbocycles. The van der Waals surface area contributed by atoms with Crippen molar-refractivity contribution >= 4 is 25.6 Å². The van der Waals surface area contributed by atoms with Gasteiger partial charge >= 0.3 is 63.7 Å². The van der Waals surface area contributed by atoms with E-state index in [1.165, 1.54) is 4.88 Å². The SMILES string of the molecule is [Cl][Ru]=[CH]c1cccs1. The predicted molar refractivity (Wildman–Crippen MR) is 35.3 cm³/mol. The Morgan fingerprint density at radius 3 is 3.12 bits per heavy atom. The molecule has 0 N–H and O–H groups in total. The van der Waals surface area contributed by atoms with Crippen molar-refractivity contribution in [2.75, 3.05) is 0 Å². The number of hydrogen-bond donors (Lipinski definition) is 0. The molecule has 1 rings (SSSR count). The Bertz CT molecular complexity index is 169. The zero-order chi connectivity index (χ0) is 5.82. The summed E-state index contributed by atoms with van der Waals surface area (Å²) in [6, 6.07) is 4.10. The molecule has 0 amide bonds. The average Bonchev–Trinajstić information content (AvgIpc) is 2.19. The van der Waals surface area contributed by atoms with Gasteiger partial charge in [0.25, 0.3) is 0 Å². The van der Waals surface area contributed by atoms with Crippen molar-refractivity contribution in [3.05, 3.63) is 22.4 Å². The topological polar surface area (TPSA) is 0 Å². The van der Waals surface area contributed by atoms with Gasteiger partial charge in [0.05, 0.1) is 0 Å². The first-order valence-corrected chi connectivity index (χ1v) is 6.14. The molecule has 0 fully saturated rings. The first-order chi connectivity index (χ1) is 3.93. The van der Waals surface area contributed by atoms with Crippen molar-refractivity contribution in [2.45, 2.75) is 0 Å². The summed E-state index contributed by atoms with van der Waals surface area (Å²) in [5, 5.41) is 2.05. The van der Waals surface area contributed by atoms with E-state index in [1.807, 2.05) is 6.07 Å². The van der Waals surface area contributed by atoms with Crippen LogP contribution in [0.3, 0.4) is 0 Å². The Morgan fingerprint density at radius 2 is 2.62 bits per heavy atom. The van der Waals surface area contributed by atoms with Crippen molar-refractivity contribution in [2.24, 2.45) is 0 Å². The van der Waals surface area contributed by atoms with E-state index in [9.17, 15) is 0 Å². The van der Waals surface area contributed by atoms with Crippen LogP contribution < -0.4 is 0 Å². The maximum atomic E-state index is 5.53. The number of hydrogen-bond acceptors (Lipinski definition) is 1. The molecule has 0 radical (unpaired) electrons. The van der Waals surface area contributed by atoms with Gasteiger partial charge in [-0.1, -0.05) is 0 Å². The fraction of sp³-hybridized carbons (Fsp3) is 0. The van der Waals surface area contributed by atoms with Crippen molar-refractivity contribution in [1.29, 1.82) is 0 Å². The molecule has 0 aliphatic carbocycles. The fourth-order valence-corrected chi connectivity index (χ4v) is 2.62. The Balaban J connectivity index is 2.77. The van der Waals surface area contributed by atoms with Crippen LogP contribution in [0.25, 0.3) is 0 Å². The Morgan fingerprint density at radius 1 is 1.75 bits per heavy atom. The van der Waals surface area contributed by atoms with E-state index in [4.69, 9.17) is 9.69 Å². The van der Waals surface area contributed by atoms with Crippen LogP contribution in [0.15, 0.2) is 17.5 Å². The van der Waals surface area contributed by atoms with Crippen LogP contribution in [0, 0.1) is 0 Å². The van der Waals surface area contributed by atoms with Gasteiger partial charge < -0.3 is 0 Å². The van der Waals surface area contributed by atoms with E-state index in [0.29, 0.717) is 0 Å². The number of halogens is 1. The summed E-state index contributed by atoms with van der Waals surface area (Å²) in [7, 11) is 5.53. The summed E-state index contributed by atoms with van der Waals surface area (Å²) in [4.78, 5) is 1.29. The Labute approximate surface area is 63.6 Å². The third-order valence-corrected chi connectivity index (χ3v) is 3.02. The number of rotatable bonds is 1. The van der Waals surface area contributed by atoms with Crippen LogP contribution >= 0.6 is 21.0 Å². The molecule has 1 aromatic heterocycles. The Hall–Kier alpha value is 0.483. The summed E-state index contributed by atoms with van der Waals surface area (Å²) in [5.74, 6) is 0. The van der Waals surface area contributed by atoms with Crippen molar-refractivity contribution in [3.63, 3.8) is 0 Å². The summed E-state index contributed by atoms with van der Waals surface area (Å²) in [5.41, 5.74) is 0. The Kier molecular flexibility index (Phi) is 2.89. The molecule has 0 aromatic carbocycles. The first kappa shape index (κ1) is 6.60. The molecule has 0 spiro atoms. The van der Waals surface area contributed by atoms with Gasteiger partial charge in [0.1, 0.15) is 0 Å². The van der Waals surface area contributed by atoms with Gasteiger partial charge in [0, 0.05) is 0 Å². The summed E-state index contributed by atoms with van der Waals surface area (Å²) >= 11 is 1.69. The van der Waals surface area contributed by atoms with E-state index in [-0.39, 0.29) is 15.7 Å². The molecule has 8 heavy (non-hydrogen) atoms. The standard InChI is InChI=1S/C5H4S.ClH.Ru/c1-5-3-2-4-6-5;;/h1-4H;1H;/q;;+1/p-1. The van der Waals surface area contributed by atoms with Gasteiger partial charge in [-0.25, -0.2) is 0 Å². The molecule has 0 atom stereocenters. The molecule has 0 aliphatic rings. The number of thiophene rings is 1. The second kappa shape index (κ2) is 3.50. The normalized spacial score (nSPS) is 11.6. The second-order valence-corrected chi connectivity index (χ2v) is 3.97. The molecule has 0 aliphatic heterocycles. The monoisotopic (exact) mass is 233 g/mol. The third-order valence-electron chi connectivity index (χ3n) is 0.682. The fourth-order valence-electron chi connectivity index (χ4n) is 0.387. The van der Waals surface area contributed by atoms with E-state index in [2.05, 4.69) is 16.1 Å². The molecule has 0 nitrogen and oxygen atoms in total. The molecule has 1 heterocycles. The zero-order valence-electron chi connectivity index (χ0n) is 3.95. The van der Waals surface area contributed by atoms with Crippen LogP contribution in [0.1, 0.15) is 4.88 Å². The first-order valence-electron chi connectivity index (χ1n) is 2.02. The molecule has 0 bridgehead atoms. The van der Waals surface area contributed by atoms with Crippen LogP contribution in [-0.2, 0) is 15.7 Å².